The Kier molecular flexibility index (Phi) is 2.97. The zero-order valence-corrected chi connectivity index (χ0v) is 10.4. The number of hydrogen-bond donors (Lipinski definition) is 1. The van der Waals surface area contributed by atoms with Gasteiger partial charge >= 0.3 is 5.76 Å². The average Bonchev–Trinajstić information content (AvgIpc) is 2.62. The van der Waals surface area contributed by atoms with Crippen molar-refractivity contribution in [3.63, 3.8) is 0 Å². The summed E-state index contributed by atoms with van der Waals surface area (Å²) < 4.78 is 6.47. The van der Waals surface area contributed by atoms with Gasteiger partial charge in [0.1, 0.15) is 0 Å². The number of nitrogens with zero attached hydrogens (tertiary/aromatic N) is 2. The van der Waals surface area contributed by atoms with Gasteiger partial charge in [-0.05, 0) is 12.1 Å². The van der Waals surface area contributed by atoms with Crippen molar-refractivity contribution < 1.29 is 9.21 Å². The van der Waals surface area contributed by atoms with E-state index in [1.165, 1.54) is 9.47 Å². The minimum Gasteiger partial charge on any atom is -0.408 e. The van der Waals surface area contributed by atoms with Crippen LogP contribution in [-0.4, -0.2) is 23.3 Å². The summed E-state index contributed by atoms with van der Waals surface area (Å²) in [6, 6.07) is 5.18. The van der Waals surface area contributed by atoms with Crippen molar-refractivity contribution in [2.45, 2.75) is 0 Å². The summed E-state index contributed by atoms with van der Waals surface area (Å²) >= 11 is 3.93. The normalized spacial score (nSPS) is 10.8. The van der Waals surface area contributed by atoms with Gasteiger partial charge in [0.05, 0.1) is 11.3 Å². The van der Waals surface area contributed by atoms with Crippen LogP contribution in [0.1, 0.15) is 0 Å². The molecule has 6 heteroatoms. The molecule has 1 amide bonds. The molecule has 1 aromatic carbocycles. The molecule has 90 valence electrons. The summed E-state index contributed by atoms with van der Waals surface area (Å²) in [6.07, 6.45) is 0. The number of aryl methyl sites for hydroxylation is 1. The van der Waals surface area contributed by atoms with E-state index in [2.05, 4.69) is 12.6 Å². The third-order valence-electron chi connectivity index (χ3n) is 2.67. The van der Waals surface area contributed by atoms with Crippen molar-refractivity contribution in [3.8, 4) is 0 Å². The highest BCUT2D eigenvalue weighted by Gasteiger charge is 2.12. The van der Waals surface area contributed by atoms with Gasteiger partial charge in [0.2, 0.25) is 5.91 Å². The Balaban J connectivity index is 2.52. The van der Waals surface area contributed by atoms with E-state index in [0.717, 1.165) is 0 Å². The lowest BCUT2D eigenvalue weighted by molar-refractivity contribution is -0.115. The second kappa shape index (κ2) is 4.29. The van der Waals surface area contributed by atoms with Crippen molar-refractivity contribution in [3.05, 3.63) is 28.7 Å². The molecule has 0 radical (unpaired) electrons. The van der Waals surface area contributed by atoms with Crippen LogP contribution in [0.25, 0.3) is 11.1 Å². The topological polar surface area (TPSA) is 55.5 Å². The number of aromatic nitrogens is 1. The van der Waals surface area contributed by atoms with E-state index in [1.807, 2.05) is 0 Å². The number of thiol groups is 1. The quantitative estimate of drug-likeness (QED) is 0.812. The van der Waals surface area contributed by atoms with Gasteiger partial charge in [-0.1, -0.05) is 0 Å². The zero-order chi connectivity index (χ0) is 12.6. The molecule has 0 saturated carbocycles. The molecule has 5 nitrogen and oxygen atoms in total. The highest BCUT2D eigenvalue weighted by molar-refractivity contribution is 7.81. The predicted molar refractivity (Wildman–Crippen MR) is 68.7 cm³/mol. The van der Waals surface area contributed by atoms with Crippen molar-refractivity contribution in [1.82, 2.24) is 4.57 Å². The molecule has 0 fully saturated rings. The first-order chi connectivity index (χ1) is 8.04. The minimum absolute atomic E-state index is 0.119. The van der Waals surface area contributed by atoms with Gasteiger partial charge in [0.15, 0.2) is 5.58 Å². The maximum absolute atomic E-state index is 11.5. The molecule has 0 aliphatic rings. The molecule has 0 unspecified atom stereocenters. The largest absolute Gasteiger partial charge is 0.419 e. The number of fused-ring (bicyclic) bond motifs is 1. The highest BCUT2D eigenvalue weighted by atomic mass is 32.1. The van der Waals surface area contributed by atoms with Crippen LogP contribution >= 0.6 is 12.6 Å². The third kappa shape index (κ3) is 1.95. The van der Waals surface area contributed by atoms with Crippen LogP contribution in [-0.2, 0) is 11.8 Å². The first-order valence-corrected chi connectivity index (χ1v) is 5.65. The fraction of sp³-hybridized carbons (Fsp3) is 0.273. The van der Waals surface area contributed by atoms with Crippen LogP contribution in [0.15, 0.2) is 27.4 Å². The Morgan fingerprint density at radius 3 is 2.88 bits per heavy atom. The predicted octanol–water partition coefficient (Wildman–Crippen LogP) is 1.02. The molecule has 17 heavy (non-hydrogen) atoms. The molecule has 0 spiro atoms. The average molecular weight is 252 g/mol. The van der Waals surface area contributed by atoms with Crippen LogP contribution in [0.2, 0.25) is 0 Å². The van der Waals surface area contributed by atoms with Gasteiger partial charge < -0.3 is 9.32 Å². The van der Waals surface area contributed by atoms with E-state index in [9.17, 15) is 9.59 Å². The summed E-state index contributed by atoms with van der Waals surface area (Å²) in [6.45, 7) is 0. The molecular formula is C11H12N2O3S. The Morgan fingerprint density at radius 2 is 2.24 bits per heavy atom. The molecule has 0 aliphatic carbocycles. The molecule has 1 heterocycles. The molecule has 0 atom stereocenters. The second-order valence-corrected chi connectivity index (χ2v) is 4.01. The number of oxazole rings is 1. The lowest BCUT2D eigenvalue weighted by Gasteiger charge is -2.15. The maximum Gasteiger partial charge on any atom is 0.419 e. The molecule has 1 aromatic heterocycles. The summed E-state index contributed by atoms with van der Waals surface area (Å²) in [5.74, 6) is -0.404. The van der Waals surface area contributed by atoms with E-state index in [0.29, 0.717) is 16.8 Å². The minimum atomic E-state index is -0.416. The third-order valence-corrected chi connectivity index (χ3v) is 2.94. The lowest BCUT2D eigenvalue weighted by Crippen LogP contribution is -2.27. The SMILES string of the molecule is CN(C(=O)CS)c1ccc2c(c1)oc(=O)n2C. The molecule has 2 rings (SSSR count). The van der Waals surface area contributed by atoms with E-state index >= 15 is 0 Å². The Bertz CT molecular complexity index is 629. The summed E-state index contributed by atoms with van der Waals surface area (Å²) in [7, 11) is 3.29. The number of carbonyl (C=O) groups excluding carboxylic acids is 1. The maximum atomic E-state index is 11.5. The van der Waals surface area contributed by atoms with Crippen molar-refractivity contribution in [1.29, 1.82) is 0 Å². The van der Waals surface area contributed by atoms with Crippen LogP contribution in [0.3, 0.4) is 0 Å². The van der Waals surface area contributed by atoms with Gasteiger partial charge in [-0.2, -0.15) is 12.6 Å². The molecule has 0 N–H and O–H groups in total. The fourth-order valence-corrected chi connectivity index (χ4v) is 1.79. The number of rotatable bonds is 2. The molecule has 0 bridgehead atoms. The van der Waals surface area contributed by atoms with Gasteiger partial charge in [-0.15, -0.1) is 0 Å². The van der Waals surface area contributed by atoms with E-state index in [4.69, 9.17) is 4.42 Å². The van der Waals surface area contributed by atoms with Gasteiger partial charge in [0, 0.05) is 25.8 Å². The summed E-state index contributed by atoms with van der Waals surface area (Å²) in [4.78, 5) is 24.3. The van der Waals surface area contributed by atoms with Gasteiger partial charge in [-0.25, -0.2) is 4.79 Å². The zero-order valence-electron chi connectivity index (χ0n) is 9.51. The van der Waals surface area contributed by atoms with Crippen molar-refractivity contribution in [2.24, 2.45) is 7.05 Å². The van der Waals surface area contributed by atoms with Crippen LogP contribution < -0.4 is 10.7 Å². The van der Waals surface area contributed by atoms with Crippen LogP contribution in [0, 0.1) is 0 Å². The van der Waals surface area contributed by atoms with Gasteiger partial charge in [-0.3, -0.25) is 9.36 Å². The second-order valence-electron chi connectivity index (χ2n) is 3.69. The summed E-state index contributed by atoms with van der Waals surface area (Å²) in [5, 5.41) is 0. The Morgan fingerprint density at radius 1 is 1.53 bits per heavy atom. The lowest BCUT2D eigenvalue weighted by atomic mass is 10.2. The summed E-state index contributed by atoms with van der Waals surface area (Å²) in [5.41, 5.74) is 1.84. The standard InChI is InChI=1S/C11H12N2O3S/c1-12(10(14)6-17)7-3-4-8-9(5-7)16-11(15)13(8)2/h3-5,17H,6H2,1-2H3. The number of carbonyl (C=O) groups is 1. The molecular weight excluding hydrogens is 240 g/mol. The van der Waals surface area contributed by atoms with Crippen molar-refractivity contribution >= 4 is 35.3 Å². The molecule has 0 saturated heterocycles. The first-order valence-electron chi connectivity index (χ1n) is 5.01. The van der Waals surface area contributed by atoms with Crippen LogP contribution in [0.4, 0.5) is 5.69 Å². The number of hydrogen-bond acceptors (Lipinski definition) is 4. The number of benzene rings is 1. The number of amides is 1. The van der Waals surface area contributed by atoms with E-state index < -0.39 is 5.76 Å². The Labute approximate surface area is 103 Å². The molecule has 2 aromatic rings. The van der Waals surface area contributed by atoms with Crippen molar-refractivity contribution in [2.75, 3.05) is 17.7 Å². The highest BCUT2D eigenvalue weighted by Crippen LogP contribution is 2.20. The smallest absolute Gasteiger partial charge is 0.408 e. The monoisotopic (exact) mass is 252 g/mol. The van der Waals surface area contributed by atoms with Crippen LogP contribution in [0.5, 0.6) is 0 Å². The first kappa shape index (κ1) is 11.8. The fourth-order valence-electron chi connectivity index (χ4n) is 1.58. The number of anilines is 1. The van der Waals surface area contributed by atoms with Gasteiger partial charge in [0.25, 0.3) is 0 Å². The molecule has 0 aliphatic heterocycles. The Hall–Kier alpha value is -1.69. The van der Waals surface area contributed by atoms with E-state index in [1.54, 1.807) is 32.3 Å². The van der Waals surface area contributed by atoms with E-state index in [-0.39, 0.29) is 11.7 Å².